The molecule has 1 amide bonds. The lowest BCUT2D eigenvalue weighted by molar-refractivity contribution is -0.121. The van der Waals surface area contributed by atoms with Gasteiger partial charge in [-0.2, -0.15) is 0 Å². The molecule has 39 heavy (non-hydrogen) atoms. The van der Waals surface area contributed by atoms with E-state index in [1.165, 1.54) is 26.4 Å². The first-order chi connectivity index (χ1) is 18.9. The number of carbonyl (C=O) groups is 1. The Morgan fingerprint density at radius 3 is 2.77 bits per heavy atom. The van der Waals surface area contributed by atoms with Crippen molar-refractivity contribution in [3.05, 3.63) is 102 Å². The van der Waals surface area contributed by atoms with E-state index in [1.807, 2.05) is 25.1 Å². The number of hydrogen-bond donors (Lipinski definition) is 1. The second kappa shape index (κ2) is 9.87. The molecule has 0 bridgehead atoms. The molecule has 6 rings (SSSR count). The summed E-state index contributed by atoms with van der Waals surface area (Å²) >= 11 is 1.22. The number of aryl methyl sites for hydroxylation is 1. The molecular weight excluding hydrogens is 522 g/mol. The number of rotatable bonds is 7. The van der Waals surface area contributed by atoms with Gasteiger partial charge < -0.3 is 14.8 Å². The molecule has 0 saturated heterocycles. The Labute approximate surface area is 224 Å². The van der Waals surface area contributed by atoms with Gasteiger partial charge in [0.25, 0.3) is 11.1 Å². The van der Waals surface area contributed by atoms with Crippen LogP contribution in [0.4, 0.5) is 0 Å². The van der Waals surface area contributed by atoms with Crippen LogP contribution in [0.3, 0.4) is 0 Å². The quantitative estimate of drug-likeness (QED) is 0.332. The van der Waals surface area contributed by atoms with E-state index in [2.05, 4.69) is 10.3 Å². The zero-order valence-corrected chi connectivity index (χ0v) is 21.7. The first-order valence-corrected chi connectivity index (χ1v) is 13.1. The van der Waals surface area contributed by atoms with E-state index in [0.29, 0.717) is 33.1 Å². The summed E-state index contributed by atoms with van der Waals surface area (Å²) in [4.78, 5) is 56.5. The van der Waals surface area contributed by atoms with Crippen molar-refractivity contribution >= 4 is 33.1 Å². The number of benzene rings is 1. The molecule has 0 fully saturated rings. The van der Waals surface area contributed by atoms with Crippen LogP contribution in [-0.4, -0.2) is 31.2 Å². The molecule has 0 unspecified atom stereocenters. The van der Waals surface area contributed by atoms with Gasteiger partial charge in [-0.1, -0.05) is 12.1 Å². The molecule has 4 aromatic heterocycles. The Balaban J connectivity index is 1.24. The highest BCUT2D eigenvalue weighted by atomic mass is 32.1. The summed E-state index contributed by atoms with van der Waals surface area (Å²) in [5.74, 6) is 0.970. The van der Waals surface area contributed by atoms with Gasteiger partial charge >= 0.3 is 5.69 Å². The van der Waals surface area contributed by atoms with Crippen molar-refractivity contribution in [1.82, 2.24) is 23.8 Å². The largest absolute Gasteiger partial charge is 0.454 e. The molecule has 1 aromatic carbocycles. The maximum atomic E-state index is 13.5. The maximum absolute atomic E-state index is 13.5. The third-order valence-electron chi connectivity index (χ3n) is 6.58. The van der Waals surface area contributed by atoms with Gasteiger partial charge in [0.05, 0.1) is 17.8 Å². The second-order valence-corrected chi connectivity index (χ2v) is 10.0. The van der Waals surface area contributed by atoms with Crippen molar-refractivity contribution in [3.63, 3.8) is 0 Å². The van der Waals surface area contributed by atoms with Gasteiger partial charge in [0, 0.05) is 31.3 Å². The third kappa shape index (κ3) is 4.59. The molecule has 0 atom stereocenters. The summed E-state index contributed by atoms with van der Waals surface area (Å²) in [6, 6.07) is 13.8. The Hall–Kier alpha value is -4.71. The van der Waals surface area contributed by atoms with Gasteiger partial charge in [-0.3, -0.25) is 27.9 Å². The topological polar surface area (TPSA) is 126 Å². The first kappa shape index (κ1) is 24.6. The summed E-state index contributed by atoms with van der Waals surface area (Å²) in [5, 5.41) is 4.54. The van der Waals surface area contributed by atoms with Crippen LogP contribution in [-0.2, 0) is 24.4 Å². The number of ether oxygens (including phenoxy) is 2. The molecule has 5 aromatic rings. The zero-order chi connectivity index (χ0) is 27.1. The summed E-state index contributed by atoms with van der Waals surface area (Å²) < 4.78 is 15.0. The van der Waals surface area contributed by atoms with Gasteiger partial charge in [0.2, 0.25) is 12.7 Å². The monoisotopic (exact) mass is 545 g/mol. The van der Waals surface area contributed by atoms with Crippen LogP contribution in [0.2, 0.25) is 0 Å². The molecule has 0 radical (unpaired) electrons. The summed E-state index contributed by atoms with van der Waals surface area (Å²) in [7, 11) is 0. The highest BCUT2D eigenvalue weighted by molar-refractivity contribution is 7.17. The lowest BCUT2D eigenvalue weighted by Crippen LogP contribution is -2.41. The first-order valence-electron chi connectivity index (χ1n) is 12.2. The summed E-state index contributed by atoms with van der Waals surface area (Å²) in [6.45, 7) is 2.16. The maximum Gasteiger partial charge on any atom is 0.331 e. The molecule has 12 heteroatoms. The molecule has 1 N–H and O–H groups in total. The molecular formula is C27H23N5O6S. The number of fused-ring (bicyclic) bond motifs is 3. The number of nitrogens with zero attached hydrogens (tertiary/aromatic N) is 4. The SMILES string of the molecule is Cc1cccc2nc(Cn3c(=O)n(CCC(=O)NCc4ccc5c(c4)OCO5)c(=O)c4sccc43)cc(=O)n12. The predicted octanol–water partition coefficient (Wildman–Crippen LogP) is 2.02. The Morgan fingerprint density at radius 1 is 1.05 bits per heavy atom. The molecule has 1 aliphatic rings. The molecule has 0 aliphatic carbocycles. The average molecular weight is 546 g/mol. The van der Waals surface area contributed by atoms with E-state index in [1.54, 1.807) is 29.6 Å². The fourth-order valence-corrected chi connectivity index (χ4v) is 5.49. The fraction of sp³-hybridized carbons (Fsp3) is 0.222. The van der Waals surface area contributed by atoms with Crippen LogP contribution in [0.25, 0.3) is 15.9 Å². The zero-order valence-electron chi connectivity index (χ0n) is 20.9. The number of thiophene rings is 1. The number of aromatic nitrogens is 4. The number of nitrogens with one attached hydrogen (secondary N) is 1. The summed E-state index contributed by atoms with van der Waals surface area (Å²) in [6.07, 6.45) is -0.0641. The minimum Gasteiger partial charge on any atom is -0.454 e. The van der Waals surface area contributed by atoms with E-state index < -0.39 is 11.2 Å². The normalized spacial score (nSPS) is 12.3. The van der Waals surface area contributed by atoms with Crippen LogP contribution in [0.1, 0.15) is 23.4 Å². The van der Waals surface area contributed by atoms with Crippen molar-refractivity contribution in [2.45, 2.75) is 33.0 Å². The van der Waals surface area contributed by atoms with Crippen molar-refractivity contribution in [2.75, 3.05) is 6.79 Å². The molecule has 0 saturated carbocycles. The molecule has 11 nitrogen and oxygen atoms in total. The van der Waals surface area contributed by atoms with Crippen LogP contribution in [0.5, 0.6) is 11.5 Å². The summed E-state index contributed by atoms with van der Waals surface area (Å²) in [5.41, 5.74) is 1.64. The minimum absolute atomic E-state index is 0.00232. The Kier molecular flexibility index (Phi) is 6.23. The molecule has 1 aliphatic heterocycles. The van der Waals surface area contributed by atoms with E-state index >= 15 is 0 Å². The van der Waals surface area contributed by atoms with Gasteiger partial charge in [-0.05, 0) is 48.2 Å². The molecule has 198 valence electrons. The van der Waals surface area contributed by atoms with E-state index in [9.17, 15) is 19.2 Å². The number of carbonyl (C=O) groups excluding carboxylic acids is 1. The van der Waals surface area contributed by atoms with Gasteiger partial charge in [0.15, 0.2) is 11.5 Å². The number of amides is 1. The molecule has 5 heterocycles. The van der Waals surface area contributed by atoms with Crippen molar-refractivity contribution in [1.29, 1.82) is 0 Å². The van der Waals surface area contributed by atoms with Crippen LogP contribution < -0.4 is 31.6 Å². The third-order valence-corrected chi connectivity index (χ3v) is 7.47. The van der Waals surface area contributed by atoms with Crippen LogP contribution >= 0.6 is 11.3 Å². The average Bonchev–Trinajstić information content (AvgIpc) is 3.59. The van der Waals surface area contributed by atoms with Crippen molar-refractivity contribution < 1.29 is 14.3 Å². The highest BCUT2D eigenvalue weighted by Gasteiger charge is 2.17. The minimum atomic E-state index is -0.569. The predicted molar refractivity (Wildman–Crippen MR) is 145 cm³/mol. The second-order valence-electron chi connectivity index (χ2n) is 9.12. The van der Waals surface area contributed by atoms with Crippen molar-refractivity contribution in [3.8, 4) is 11.5 Å². The standard InChI is InChI=1S/C27H23N5O6S/c1-16-3-2-4-22-29-18(12-24(34)32(16)22)14-31-19-8-10-39-25(19)26(35)30(27(31)36)9-7-23(33)28-13-17-5-6-20-21(11-17)38-15-37-20/h2-6,8,10-12H,7,9,13-15H2,1H3,(H,28,33). The molecule has 0 spiro atoms. The van der Waals surface area contributed by atoms with Gasteiger partial charge in [0.1, 0.15) is 10.3 Å². The lowest BCUT2D eigenvalue weighted by atomic mass is 10.2. The van der Waals surface area contributed by atoms with Gasteiger partial charge in [-0.15, -0.1) is 11.3 Å². The Bertz CT molecular complexity index is 1940. The lowest BCUT2D eigenvalue weighted by Gasteiger charge is -2.13. The van der Waals surface area contributed by atoms with E-state index in [0.717, 1.165) is 15.8 Å². The smallest absolute Gasteiger partial charge is 0.331 e. The van der Waals surface area contributed by atoms with Crippen LogP contribution in [0.15, 0.2) is 68.3 Å². The number of pyridine rings is 1. The van der Waals surface area contributed by atoms with Gasteiger partial charge in [-0.25, -0.2) is 9.78 Å². The van der Waals surface area contributed by atoms with E-state index in [-0.39, 0.29) is 44.3 Å². The number of hydrogen-bond acceptors (Lipinski definition) is 8. The van der Waals surface area contributed by atoms with Crippen LogP contribution in [0, 0.1) is 6.92 Å². The highest BCUT2D eigenvalue weighted by Crippen LogP contribution is 2.32. The van der Waals surface area contributed by atoms with Crippen molar-refractivity contribution in [2.24, 2.45) is 0 Å². The Morgan fingerprint density at radius 2 is 1.90 bits per heavy atom. The van der Waals surface area contributed by atoms with E-state index in [4.69, 9.17) is 9.47 Å². The fourth-order valence-electron chi connectivity index (χ4n) is 4.64.